The zero-order valence-corrected chi connectivity index (χ0v) is 19.0. The summed E-state index contributed by atoms with van der Waals surface area (Å²) < 4.78 is 6.83. The highest BCUT2D eigenvalue weighted by Crippen LogP contribution is 2.55. The summed E-state index contributed by atoms with van der Waals surface area (Å²) in [5.74, 6) is 0.996. The summed E-state index contributed by atoms with van der Waals surface area (Å²) in [5, 5.41) is 22.9. The first-order chi connectivity index (χ1) is 15.8. The molecule has 4 fully saturated rings. The van der Waals surface area contributed by atoms with E-state index in [0.717, 1.165) is 37.1 Å². The predicted molar refractivity (Wildman–Crippen MR) is 118 cm³/mol. The number of aromatic nitrogens is 3. The van der Waals surface area contributed by atoms with Crippen LogP contribution in [0.25, 0.3) is 0 Å². The maximum Gasteiger partial charge on any atom is 0.338 e. The predicted octanol–water partition coefficient (Wildman–Crippen LogP) is 3.12. The van der Waals surface area contributed by atoms with Crippen LogP contribution in [-0.4, -0.2) is 43.7 Å². The molecule has 4 bridgehead atoms. The van der Waals surface area contributed by atoms with Gasteiger partial charge in [0.2, 0.25) is 0 Å². The van der Waals surface area contributed by atoms with Crippen LogP contribution in [0, 0.1) is 27.9 Å². The summed E-state index contributed by atoms with van der Waals surface area (Å²) >= 11 is 1.08. The van der Waals surface area contributed by atoms with E-state index in [2.05, 4.69) is 15.5 Å². The molecule has 0 saturated heterocycles. The van der Waals surface area contributed by atoms with Crippen LogP contribution in [0.1, 0.15) is 48.9 Å². The van der Waals surface area contributed by atoms with E-state index in [-0.39, 0.29) is 22.7 Å². The van der Waals surface area contributed by atoms with Gasteiger partial charge in [-0.1, -0.05) is 0 Å². The van der Waals surface area contributed by atoms with E-state index >= 15 is 0 Å². The van der Waals surface area contributed by atoms with Crippen LogP contribution < -0.4 is 5.32 Å². The van der Waals surface area contributed by atoms with E-state index in [1.54, 1.807) is 11.6 Å². The Morgan fingerprint density at radius 1 is 1.24 bits per heavy atom. The molecule has 1 N–H and O–H groups in total. The Kier molecular flexibility index (Phi) is 5.59. The minimum absolute atomic E-state index is 0.0200. The maximum absolute atomic E-state index is 12.6. The minimum Gasteiger partial charge on any atom is -0.452 e. The van der Waals surface area contributed by atoms with Crippen molar-refractivity contribution in [3.05, 3.63) is 40.2 Å². The Morgan fingerprint density at radius 2 is 1.91 bits per heavy atom. The van der Waals surface area contributed by atoms with E-state index in [9.17, 15) is 19.7 Å². The fraction of sp³-hybridized carbons (Fsp3) is 0.545. The number of nitrogens with zero attached hydrogens (tertiary/aromatic N) is 4. The fourth-order valence-electron chi connectivity index (χ4n) is 6.15. The number of aryl methyl sites for hydroxylation is 1. The fourth-order valence-corrected chi connectivity index (χ4v) is 7.00. The third-order valence-electron chi connectivity index (χ3n) is 7.04. The largest absolute Gasteiger partial charge is 0.452 e. The molecule has 1 aromatic carbocycles. The van der Waals surface area contributed by atoms with Crippen molar-refractivity contribution < 1.29 is 19.2 Å². The summed E-state index contributed by atoms with van der Waals surface area (Å²) in [6, 6.07) is 4.09. The molecule has 174 valence electrons. The van der Waals surface area contributed by atoms with E-state index in [1.807, 2.05) is 0 Å². The summed E-state index contributed by atoms with van der Waals surface area (Å²) in [5.41, 5.74) is -0.377. The number of hydrogen-bond acceptors (Lipinski definition) is 8. The molecule has 10 nitrogen and oxygen atoms in total. The molecule has 1 amide bonds. The molecule has 6 rings (SSSR count). The van der Waals surface area contributed by atoms with Crippen molar-refractivity contribution in [2.75, 3.05) is 6.61 Å². The second-order valence-electron chi connectivity index (χ2n) is 9.59. The van der Waals surface area contributed by atoms with Gasteiger partial charge < -0.3 is 14.6 Å². The number of benzene rings is 1. The number of ether oxygens (including phenoxy) is 1. The topological polar surface area (TPSA) is 129 Å². The number of nitro groups is 1. The summed E-state index contributed by atoms with van der Waals surface area (Å²) in [7, 11) is 1.73. The zero-order chi connectivity index (χ0) is 23.2. The molecule has 2 aromatic rings. The molecule has 4 aliphatic carbocycles. The zero-order valence-electron chi connectivity index (χ0n) is 18.2. The van der Waals surface area contributed by atoms with Crippen LogP contribution in [0.3, 0.4) is 0 Å². The minimum atomic E-state index is -0.769. The van der Waals surface area contributed by atoms with E-state index < -0.39 is 17.5 Å². The lowest BCUT2D eigenvalue weighted by Gasteiger charge is -2.56. The number of esters is 1. The van der Waals surface area contributed by atoms with Gasteiger partial charge in [0.1, 0.15) is 6.33 Å². The highest BCUT2D eigenvalue weighted by atomic mass is 32.2. The van der Waals surface area contributed by atoms with Crippen LogP contribution >= 0.6 is 11.8 Å². The molecule has 0 radical (unpaired) electrons. The van der Waals surface area contributed by atoms with Crippen molar-refractivity contribution >= 4 is 29.3 Å². The number of nitrogens with one attached hydrogen (secondary N) is 1. The highest BCUT2D eigenvalue weighted by Gasteiger charge is 2.51. The molecule has 33 heavy (non-hydrogen) atoms. The van der Waals surface area contributed by atoms with Gasteiger partial charge in [0.15, 0.2) is 11.8 Å². The second-order valence-corrected chi connectivity index (χ2v) is 10.6. The van der Waals surface area contributed by atoms with Gasteiger partial charge in [-0.3, -0.25) is 14.9 Å². The quantitative estimate of drug-likeness (QED) is 0.370. The van der Waals surface area contributed by atoms with Gasteiger partial charge >= 0.3 is 5.97 Å². The van der Waals surface area contributed by atoms with Gasteiger partial charge in [-0.2, -0.15) is 0 Å². The molecule has 4 aliphatic rings. The van der Waals surface area contributed by atoms with Crippen molar-refractivity contribution in [1.29, 1.82) is 0 Å². The van der Waals surface area contributed by atoms with Crippen LogP contribution in [0.15, 0.2) is 34.6 Å². The third-order valence-corrected chi connectivity index (χ3v) is 8.16. The summed E-state index contributed by atoms with van der Waals surface area (Å²) in [4.78, 5) is 36.4. The Bertz CT molecular complexity index is 1080. The van der Waals surface area contributed by atoms with Crippen molar-refractivity contribution in [2.24, 2.45) is 24.8 Å². The molecule has 0 aliphatic heterocycles. The second kappa shape index (κ2) is 8.44. The molecule has 4 saturated carbocycles. The number of amides is 1. The Balaban J connectivity index is 1.21. The van der Waals surface area contributed by atoms with E-state index in [4.69, 9.17) is 4.74 Å². The number of nitro benzene ring substituents is 1. The summed E-state index contributed by atoms with van der Waals surface area (Å²) in [6.07, 6.45) is 8.34. The Morgan fingerprint density at radius 3 is 2.48 bits per heavy atom. The van der Waals surface area contributed by atoms with Gasteiger partial charge in [0.25, 0.3) is 11.6 Å². The first-order valence-electron chi connectivity index (χ1n) is 11.1. The molecule has 0 atom stereocenters. The summed E-state index contributed by atoms with van der Waals surface area (Å²) in [6.45, 7) is -0.399. The molecular formula is C22H25N5O5S. The van der Waals surface area contributed by atoms with Gasteiger partial charge in [0.05, 0.1) is 15.4 Å². The number of rotatable bonds is 7. The monoisotopic (exact) mass is 471 g/mol. The standard InChI is InChI=1S/C22H25N5O5S/c1-26-12-23-25-21(26)33-18-3-2-16(7-17(18)27(30)31)20(29)32-11-19(28)24-22-8-13-4-14(9-22)6-15(5-13)10-22/h2-3,7,12-15H,4-6,8-11H2,1H3,(H,24,28). The normalized spacial score (nSPS) is 27.4. The lowest BCUT2D eigenvalue weighted by Crippen LogP contribution is -2.60. The smallest absolute Gasteiger partial charge is 0.338 e. The van der Waals surface area contributed by atoms with E-state index in [0.29, 0.717) is 27.8 Å². The molecule has 1 aromatic heterocycles. The average molecular weight is 472 g/mol. The Labute approximate surface area is 194 Å². The highest BCUT2D eigenvalue weighted by molar-refractivity contribution is 7.99. The molecule has 0 spiro atoms. The SMILES string of the molecule is Cn1cnnc1Sc1ccc(C(=O)OCC(=O)NC23CC4CC(CC(C4)C2)C3)cc1[N+](=O)[O-]. The maximum atomic E-state index is 12.6. The lowest BCUT2D eigenvalue weighted by atomic mass is 9.53. The van der Waals surface area contributed by atoms with Gasteiger partial charge in [-0.15, -0.1) is 10.2 Å². The van der Waals surface area contributed by atoms with Crippen molar-refractivity contribution in [3.63, 3.8) is 0 Å². The number of hydrogen-bond donors (Lipinski definition) is 1. The van der Waals surface area contributed by atoms with Crippen LogP contribution in [-0.2, 0) is 16.6 Å². The van der Waals surface area contributed by atoms with Crippen molar-refractivity contribution in [1.82, 2.24) is 20.1 Å². The first kappa shape index (κ1) is 21.9. The van der Waals surface area contributed by atoms with Gasteiger partial charge in [0, 0.05) is 18.7 Å². The molecular weight excluding hydrogens is 446 g/mol. The first-order valence-corrected chi connectivity index (χ1v) is 11.9. The average Bonchev–Trinajstić information content (AvgIpc) is 3.15. The number of carbonyl (C=O) groups is 2. The van der Waals surface area contributed by atoms with Crippen molar-refractivity contribution in [3.8, 4) is 0 Å². The van der Waals surface area contributed by atoms with Crippen LogP contribution in [0.5, 0.6) is 0 Å². The third kappa shape index (κ3) is 4.46. The molecule has 1 heterocycles. The Hall–Kier alpha value is -2.95. The lowest BCUT2D eigenvalue weighted by molar-refractivity contribution is -0.387. The van der Waals surface area contributed by atoms with Crippen molar-refractivity contribution in [2.45, 2.75) is 54.1 Å². The van der Waals surface area contributed by atoms with Crippen LogP contribution in [0.4, 0.5) is 5.69 Å². The van der Waals surface area contributed by atoms with Crippen LogP contribution in [0.2, 0.25) is 0 Å². The van der Waals surface area contributed by atoms with Gasteiger partial charge in [-0.25, -0.2) is 4.79 Å². The van der Waals surface area contributed by atoms with Gasteiger partial charge in [-0.05, 0) is 80.2 Å². The number of carbonyl (C=O) groups excluding carboxylic acids is 2. The molecule has 0 unspecified atom stereocenters. The molecule has 11 heteroatoms. The van der Waals surface area contributed by atoms with E-state index in [1.165, 1.54) is 37.7 Å².